The highest BCUT2D eigenvalue weighted by Crippen LogP contribution is 2.32. The molecule has 0 heterocycles. The predicted octanol–water partition coefficient (Wildman–Crippen LogP) is 2.15. The van der Waals surface area contributed by atoms with Crippen molar-refractivity contribution in [2.45, 2.75) is 64.5 Å². The van der Waals surface area contributed by atoms with E-state index >= 15 is 0 Å². The molecule has 0 aromatic rings. The second-order valence-corrected chi connectivity index (χ2v) is 5.76. The van der Waals surface area contributed by atoms with Gasteiger partial charge >= 0.3 is 0 Å². The van der Waals surface area contributed by atoms with Crippen LogP contribution in [-0.2, 0) is 9.53 Å². The van der Waals surface area contributed by atoms with Gasteiger partial charge in [0.05, 0.1) is 16.6 Å². The van der Waals surface area contributed by atoms with Crippen LogP contribution in [0.5, 0.6) is 0 Å². The third-order valence-corrected chi connectivity index (χ3v) is 4.52. The minimum atomic E-state index is -0.518. The monoisotopic (exact) mass is 286 g/mol. The average Bonchev–Trinajstić information content (AvgIpc) is 2.33. The molecule has 0 bridgehead atoms. The quantitative estimate of drug-likeness (QED) is 0.671. The summed E-state index contributed by atoms with van der Waals surface area (Å²) in [7, 11) is 0. The van der Waals surface area contributed by atoms with Gasteiger partial charge in [0.25, 0.3) is 0 Å². The van der Waals surface area contributed by atoms with Gasteiger partial charge in [-0.2, -0.15) is 0 Å². The molecule has 19 heavy (non-hydrogen) atoms. The molecule has 1 aliphatic rings. The number of ether oxygens (including phenoxy) is 1. The molecule has 0 aromatic carbocycles. The van der Waals surface area contributed by atoms with Crippen LogP contribution in [0.2, 0.25) is 0 Å². The van der Waals surface area contributed by atoms with Crippen LogP contribution in [0.3, 0.4) is 0 Å². The number of amides is 1. The molecule has 3 N–H and O–H groups in total. The minimum Gasteiger partial charge on any atom is -0.391 e. The van der Waals surface area contributed by atoms with Gasteiger partial charge in [0.15, 0.2) is 0 Å². The van der Waals surface area contributed by atoms with Gasteiger partial charge in [0.1, 0.15) is 0 Å². The van der Waals surface area contributed by atoms with E-state index in [0.29, 0.717) is 23.4 Å². The summed E-state index contributed by atoms with van der Waals surface area (Å²) in [6.45, 7) is 6.74. The number of carbonyl (C=O) groups is 1. The fraction of sp³-hybridized carbons (Fsp3) is 0.857. The summed E-state index contributed by atoms with van der Waals surface area (Å²) in [5.74, 6) is 0.491. The highest BCUT2D eigenvalue weighted by atomic mass is 32.1. The molecular formula is C14H26N2O2S. The van der Waals surface area contributed by atoms with E-state index in [4.69, 9.17) is 22.7 Å². The molecule has 5 heteroatoms. The highest BCUT2D eigenvalue weighted by molar-refractivity contribution is 7.80. The van der Waals surface area contributed by atoms with E-state index in [0.717, 1.165) is 32.3 Å². The maximum atomic E-state index is 12.1. The predicted molar refractivity (Wildman–Crippen MR) is 81.0 cm³/mol. The number of hydrogen-bond donors (Lipinski definition) is 2. The third-order valence-electron chi connectivity index (χ3n) is 4.13. The smallest absolute Gasteiger partial charge is 0.221 e. The number of nitrogens with two attached hydrogens (primary N) is 1. The van der Waals surface area contributed by atoms with Crippen molar-refractivity contribution >= 4 is 23.1 Å². The van der Waals surface area contributed by atoms with E-state index in [-0.39, 0.29) is 5.91 Å². The number of rotatable bonds is 8. The number of carbonyl (C=O) groups excluding carboxylic acids is 1. The molecule has 1 aliphatic carbocycles. The molecule has 1 amide bonds. The van der Waals surface area contributed by atoms with E-state index in [1.54, 1.807) is 0 Å². The Morgan fingerprint density at radius 3 is 2.37 bits per heavy atom. The number of nitrogens with one attached hydrogen (secondary N) is 1. The normalized spacial score (nSPS) is 22.7. The average molecular weight is 286 g/mol. The van der Waals surface area contributed by atoms with Crippen molar-refractivity contribution < 1.29 is 9.53 Å². The van der Waals surface area contributed by atoms with E-state index in [1.807, 2.05) is 20.8 Å². The Morgan fingerprint density at radius 2 is 1.95 bits per heavy atom. The standard InChI is InChI=1S/C14H26N2O2S/c1-4-14(5-2,13(15)19)16-12(17)9-10-7-11(8-10)18-6-3/h10-11H,4-9H2,1-3H3,(H2,15,19)(H,16,17). The molecule has 0 saturated heterocycles. The third kappa shape index (κ3) is 4.14. The lowest BCUT2D eigenvalue weighted by Gasteiger charge is -2.36. The van der Waals surface area contributed by atoms with E-state index in [9.17, 15) is 4.79 Å². The van der Waals surface area contributed by atoms with Crippen LogP contribution >= 0.6 is 12.2 Å². The van der Waals surface area contributed by atoms with Crippen LogP contribution in [0, 0.1) is 5.92 Å². The van der Waals surface area contributed by atoms with Crippen molar-refractivity contribution in [2.75, 3.05) is 6.61 Å². The van der Waals surface area contributed by atoms with Gasteiger partial charge in [-0.3, -0.25) is 4.79 Å². The van der Waals surface area contributed by atoms with Gasteiger partial charge in [0, 0.05) is 13.0 Å². The molecule has 0 radical (unpaired) electrons. The maximum Gasteiger partial charge on any atom is 0.221 e. The van der Waals surface area contributed by atoms with Crippen molar-refractivity contribution in [3.05, 3.63) is 0 Å². The summed E-state index contributed by atoms with van der Waals surface area (Å²) in [6.07, 6.45) is 4.33. The Morgan fingerprint density at radius 1 is 1.37 bits per heavy atom. The number of thiocarbonyl (C=S) groups is 1. The SMILES string of the molecule is CCOC1CC(CC(=O)NC(CC)(CC)C(N)=S)C1. The summed E-state index contributed by atoms with van der Waals surface area (Å²) in [5, 5.41) is 3.03. The molecule has 110 valence electrons. The fourth-order valence-electron chi connectivity index (χ4n) is 2.63. The molecule has 1 fully saturated rings. The first-order chi connectivity index (χ1) is 8.97. The second kappa shape index (κ2) is 7.20. The van der Waals surface area contributed by atoms with E-state index < -0.39 is 5.54 Å². The zero-order chi connectivity index (χ0) is 14.5. The Bertz CT molecular complexity index is 323. The minimum absolute atomic E-state index is 0.0523. The summed E-state index contributed by atoms with van der Waals surface area (Å²) < 4.78 is 5.50. The lowest BCUT2D eigenvalue weighted by Crippen LogP contribution is -2.56. The van der Waals surface area contributed by atoms with Crippen LogP contribution in [0.25, 0.3) is 0 Å². The lowest BCUT2D eigenvalue weighted by molar-refractivity contribution is -0.125. The maximum absolute atomic E-state index is 12.1. The topological polar surface area (TPSA) is 64.3 Å². The largest absolute Gasteiger partial charge is 0.391 e. The van der Waals surface area contributed by atoms with Crippen LogP contribution in [0.15, 0.2) is 0 Å². The molecule has 0 atom stereocenters. The molecule has 0 unspecified atom stereocenters. The summed E-state index contributed by atoms with van der Waals surface area (Å²) in [4.78, 5) is 12.5. The molecule has 0 aromatic heterocycles. The summed E-state index contributed by atoms with van der Waals surface area (Å²) in [5.41, 5.74) is 5.26. The van der Waals surface area contributed by atoms with Crippen molar-refractivity contribution in [1.82, 2.24) is 5.32 Å². The first-order valence-electron chi connectivity index (χ1n) is 7.19. The molecule has 4 nitrogen and oxygen atoms in total. The lowest BCUT2D eigenvalue weighted by atomic mass is 9.79. The molecule has 0 spiro atoms. The second-order valence-electron chi connectivity index (χ2n) is 5.32. The van der Waals surface area contributed by atoms with Crippen molar-refractivity contribution in [2.24, 2.45) is 11.7 Å². The Labute approximate surface area is 121 Å². The van der Waals surface area contributed by atoms with Gasteiger partial charge in [-0.1, -0.05) is 26.1 Å². The van der Waals surface area contributed by atoms with Crippen LogP contribution in [-0.4, -0.2) is 29.1 Å². The van der Waals surface area contributed by atoms with Gasteiger partial charge in [-0.25, -0.2) is 0 Å². The van der Waals surface area contributed by atoms with Gasteiger partial charge in [-0.15, -0.1) is 0 Å². The van der Waals surface area contributed by atoms with Gasteiger partial charge in [-0.05, 0) is 38.5 Å². The first kappa shape index (κ1) is 16.4. The Kier molecular flexibility index (Phi) is 6.20. The molecule has 0 aliphatic heterocycles. The molecule has 1 saturated carbocycles. The van der Waals surface area contributed by atoms with Crippen molar-refractivity contribution in [3.63, 3.8) is 0 Å². The van der Waals surface area contributed by atoms with Gasteiger partial charge < -0.3 is 15.8 Å². The Hall–Kier alpha value is -0.680. The molecular weight excluding hydrogens is 260 g/mol. The summed E-state index contributed by atoms with van der Waals surface area (Å²) in [6, 6.07) is 0. The van der Waals surface area contributed by atoms with Crippen molar-refractivity contribution in [3.8, 4) is 0 Å². The van der Waals surface area contributed by atoms with Crippen molar-refractivity contribution in [1.29, 1.82) is 0 Å². The van der Waals surface area contributed by atoms with Crippen LogP contribution in [0.4, 0.5) is 0 Å². The van der Waals surface area contributed by atoms with Gasteiger partial charge in [0.2, 0.25) is 5.91 Å². The van der Waals surface area contributed by atoms with Crippen LogP contribution < -0.4 is 11.1 Å². The summed E-state index contributed by atoms with van der Waals surface area (Å²) >= 11 is 5.10. The highest BCUT2D eigenvalue weighted by Gasteiger charge is 2.35. The fourth-order valence-corrected chi connectivity index (χ4v) is 2.97. The Balaban J connectivity index is 2.41. The van der Waals surface area contributed by atoms with Crippen LogP contribution in [0.1, 0.15) is 52.9 Å². The zero-order valence-corrected chi connectivity index (χ0v) is 13.0. The van der Waals surface area contributed by atoms with E-state index in [2.05, 4.69) is 5.32 Å². The zero-order valence-electron chi connectivity index (χ0n) is 12.2. The first-order valence-corrected chi connectivity index (χ1v) is 7.60. The van der Waals surface area contributed by atoms with E-state index in [1.165, 1.54) is 0 Å². The number of hydrogen-bond acceptors (Lipinski definition) is 3. The molecule has 1 rings (SSSR count).